The first kappa shape index (κ1) is 33.5. The van der Waals surface area contributed by atoms with Crippen LogP contribution in [0.3, 0.4) is 0 Å². The Kier molecular flexibility index (Phi) is 8.84. The molecule has 6 rings (SSSR count). The van der Waals surface area contributed by atoms with E-state index in [-0.39, 0.29) is 21.2 Å². The summed E-state index contributed by atoms with van der Waals surface area (Å²) in [5, 5.41) is 23.5. The highest BCUT2D eigenvalue weighted by atomic mass is 16.6. The van der Waals surface area contributed by atoms with E-state index in [9.17, 15) is 20.2 Å². The van der Waals surface area contributed by atoms with E-state index in [4.69, 9.17) is 0 Å². The third kappa shape index (κ3) is 6.43. The summed E-state index contributed by atoms with van der Waals surface area (Å²) in [7, 11) is 0. The second-order valence-electron chi connectivity index (χ2n) is 14.2. The summed E-state index contributed by atoms with van der Waals surface area (Å²) in [4.78, 5) is 25.1. The van der Waals surface area contributed by atoms with Crippen LogP contribution in [0.15, 0.2) is 109 Å². The van der Waals surface area contributed by atoms with Crippen LogP contribution in [0, 0.1) is 34.1 Å². The van der Waals surface area contributed by atoms with Crippen LogP contribution < -0.4 is 4.90 Å². The number of nitro benzene ring substituents is 2. The number of anilines is 1. The fourth-order valence-electron chi connectivity index (χ4n) is 7.26. The molecule has 4 aromatic carbocycles. The molecule has 8 heteroatoms. The van der Waals surface area contributed by atoms with Crippen molar-refractivity contribution in [1.29, 1.82) is 0 Å². The molecule has 0 saturated heterocycles. The minimum atomic E-state index is -0.483. The number of benzene rings is 4. The van der Waals surface area contributed by atoms with E-state index in [1.165, 1.54) is 22.3 Å². The molecule has 8 nitrogen and oxygen atoms in total. The van der Waals surface area contributed by atoms with E-state index in [1.807, 2.05) is 12.1 Å². The van der Waals surface area contributed by atoms with Crippen LogP contribution >= 0.6 is 0 Å². The molecule has 0 aliphatic carbocycles. The molecule has 0 aromatic heterocycles. The average molecular weight is 656 g/mol. The van der Waals surface area contributed by atoms with Crippen molar-refractivity contribution in [3.63, 3.8) is 0 Å². The molecule has 0 radical (unpaired) electrons. The van der Waals surface area contributed by atoms with Gasteiger partial charge in [0.15, 0.2) is 12.3 Å². The molecule has 0 atom stereocenters. The van der Waals surface area contributed by atoms with Crippen molar-refractivity contribution < 1.29 is 14.4 Å². The minimum Gasteiger partial charge on any atom is -0.344 e. The number of aryl methyl sites for hydroxylation is 2. The van der Waals surface area contributed by atoms with Crippen molar-refractivity contribution in [3.05, 3.63) is 162 Å². The predicted molar refractivity (Wildman–Crippen MR) is 196 cm³/mol. The number of allylic oxidation sites excluding steroid dienone is 4. The highest BCUT2D eigenvalue weighted by Crippen LogP contribution is 2.49. The fraction of sp³-hybridized carbons (Fsp3) is 0.293. The van der Waals surface area contributed by atoms with Crippen molar-refractivity contribution in [2.75, 3.05) is 18.0 Å². The number of hydrogen-bond acceptors (Lipinski definition) is 5. The molecule has 0 bridgehead atoms. The standard InChI is InChI=1S/C41H43N4O4/c1-28-10-14-30(15-11-28)22-24-42-36-20-18-32(44(46)47)26-34(36)40(3,4)38(42)8-7-9-39-41(5,6)35-27-33(45(48)49)19-21-37(35)43(39)25-23-31-16-12-29(2)13-17-31/h7-21,26-27H,22-25H2,1-6H3/q+1. The van der Waals surface area contributed by atoms with Gasteiger partial charge in [0.05, 0.1) is 15.3 Å². The molecule has 2 aliphatic heterocycles. The van der Waals surface area contributed by atoms with Gasteiger partial charge in [0.1, 0.15) is 0 Å². The van der Waals surface area contributed by atoms with Crippen molar-refractivity contribution in [1.82, 2.24) is 0 Å². The van der Waals surface area contributed by atoms with Gasteiger partial charge in [-0.1, -0.05) is 79.6 Å². The van der Waals surface area contributed by atoms with Crippen molar-refractivity contribution >= 4 is 28.5 Å². The van der Waals surface area contributed by atoms with E-state index in [2.05, 4.69) is 118 Å². The van der Waals surface area contributed by atoms with Crippen LogP contribution in [0.25, 0.3) is 0 Å². The van der Waals surface area contributed by atoms with Crippen LogP contribution in [-0.2, 0) is 23.7 Å². The molecule has 2 heterocycles. The van der Waals surface area contributed by atoms with Gasteiger partial charge in [-0.2, -0.15) is 4.58 Å². The van der Waals surface area contributed by atoms with Crippen LogP contribution in [0.1, 0.15) is 61.1 Å². The van der Waals surface area contributed by atoms with Gasteiger partial charge in [-0.15, -0.1) is 0 Å². The molecule has 2 aliphatic rings. The van der Waals surface area contributed by atoms with Gasteiger partial charge >= 0.3 is 0 Å². The fourth-order valence-corrected chi connectivity index (χ4v) is 7.26. The summed E-state index contributed by atoms with van der Waals surface area (Å²) in [6, 6.07) is 27.5. The summed E-state index contributed by atoms with van der Waals surface area (Å²) in [5.74, 6) is 0. The number of nitro groups is 2. The summed E-state index contributed by atoms with van der Waals surface area (Å²) in [6.45, 7) is 14.1. The van der Waals surface area contributed by atoms with E-state index in [1.54, 1.807) is 24.3 Å². The van der Waals surface area contributed by atoms with E-state index in [0.29, 0.717) is 0 Å². The zero-order chi connectivity index (χ0) is 35.1. The maximum Gasteiger partial charge on any atom is 0.270 e. The molecular weight excluding hydrogens is 612 g/mol. The molecule has 0 spiro atoms. The Bertz CT molecular complexity index is 2040. The lowest BCUT2D eigenvalue weighted by molar-refractivity contribution is -0.437. The van der Waals surface area contributed by atoms with Crippen molar-refractivity contribution in [3.8, 4) is 0 Å². The molecule has 0 fully saturated rings. The van der Waals surface area contributed by atoms with Crippen LogP contribution in [-0.4, -0.2) is 33.2 Å². The maximum atomic E-state index is 11.8. The Morgan fingerprint density at radius 2 is 1.27 bits per heavy atom. The minimum absolute atomic E-state index is 0.0847. The Morgan fingerprint density at radius 1 is 0.714 bits per heavy atom. The second kappa shape index (κ2) is 12.9. The first-order chi connectivity index (χ1) is 23.3. The zero-order valence-corrected chi connectivity index (χ0v) is 29.1. The van der Waals surface area contributed by atoms with E-state index in [0.717, 1.165) is 59.8 Å². The monoisotopic (exact) mass is 655 g/mol. The van der Waals surface area contributed by atoms with E-state index < -0.39 is 10.8 Å². The largest absolute Gasteiger partial charge is 0.344 e. The molecule has 49 heavy (non-hydrogen) atoms. The van der Waals surface area contributed by atoms with Crippen LogP contribution in [0.5, 0.6) is 0 Å². The van der Waals surface area contributed by atoms with Gasteiger partial charge in [-0.3, -0.25) is 20.2 Å². The van der Waals surface area contributed by atoms with Gasteiger partial charge in [-0.05, 0) is 62.9 Å². The molecule has 0 amide bonds. The molecule has 0 N–H and O–H groups in total. The Hall–Kier alpha value is -5.37. The lowest BCUT2D eigenvalue weighted by Crippen LogP contribution is -2.29. The Morgan fingerprint density at radius 3 is 1.86 bits per heavy atom. The number of hydrogen-bond donors (Lipinski definition) is 0. The lowest BCUT2D eigenvalue weighted by atomic mass is 9.81. The third-order valence-corrected chi connectivity index (χ3v) is 10.2. The number of fused-ring (bicyclic) bond motifs is 2. The number of rotatable bonds is 10. The normalized spacial score (nSPS) is 16.8. The Balaban J connectivity index is 1.40. The summed E-state index contributed by atoms with van der Waals surface area (Å²) < 4.78 is 2.29. The third-order valence-electron chi connectivity index (χ3n) is 10.2. The highest BCUT2D eigenvalue weighted by Gasteiger charge is 2.45. The van der Waals surface area contributed by atoms with Gasteiger partial charge in [0, 0.05) is 71.7 Å². The second-order valence-corrected chi connectivity index (χ2v) is 14.2. The van der Waals surface area contributed by atoms with Crippen molar-refractivity contribution in [2.45, 2.75) is 65.2 Å². The average Bonchev–Trinajstić information content (AvgIpc) is 3.41. The lowest BCUT2D eigenvalue weighted by Gasteiger charge is -2.27. The molecule has 0 saturated carbocycles. The van der Waals surface area contributed by atoms with Crippen LogP contribution in [0.4, 0.5) is 22.7 Å². The Labute approximate surface area is 288 Å². The van der Waals surface area contributed by atoms with Gasteiger partial charge in [0.2, 0.25) is 5.69 Å². The van der Waals surface area contributed by atoms with Gasteiger partial charge in [0.25, 0.3) is 11.4 Å². The molecular formula is C41H43N4O4+. The maximum absolute atomic E-state index is 11.8. The summed E-state index contributed by atoms with van der Waals surface area (Å²) in [5.41, 5.74) is 10.0. The molecule has 0 unspecified atom stereocenters. The predicted octanol–water partition coefficient (Wildman–Crippen LogP) is 9.22. The quantitative estimate of drug-likeness (QED) is 0.0965. The number of nitrogens with zero attached hydrogens (tertiary/aromatic N) is 4. The molecule has 250 valence electrons. The number of non-ortho nitro benzene ring substituents is 2. The molecule has 4 aromatic rings. The first-order valence-electron chi connectivity index (χ1n) is 16.8. The summed E-state index contributed by atoms with van der Waals surface area (Å²) >= 11 is 0. The van der Waals surface area contributed by atoms with Crippen molar-refractivity contribution in [2.24, 2.45) is 0 Å². The highest BCUT2D eigenvalue weighted by molar-refractivity contribution is 6.03. The van der Waals surface area contributed by atoms with E-state index >= 15 is 0 Å². The van der Waals surface area contributed by atoms with Gasteiger partial charge < -0.3 is 4.90 Å². The topological polar surface area (TPSA) is 92.5 Å². The smallest absolute Gasteiger partial charge is 0.270 e. The zero-order valence-electron chi connectivity index (χ0n) is 29.1. The van der Waals surface area contributed by atoms with Gasteiger partial charge in [-0.25, -0.2) is 0 Å². The summed E-state index contributed by atoms with van der Waals surface area (Å²) in [6.07, 6.45) is 7.98. The van der Waals surface area contributed by atoms with Crippen LogP contribution in [0.2, 0.25) is 0 Å². The first-order valence-corrected chi connectivity index (χ1v) is 16.8. The SMILES string of the molecule is Cc1ccc(CCN2/C(=C/C=C/C3=[N+](CCc4ccc(C)cc4)c4ccc([N+](=O)[O-])cc4C3(C)C)C(C)(C)c3cc([N+](=O)[O-])ccc32)cc1.